The van der Waals surface area contributed by atoms with Gasteiger partial charge >= 0.3 is 0 Å². The van der Waals surface area contributed by atoms with Crippen LogP contribution in [0.5, 0.6) is 0 Å². The number of hydrogen-bond donors (Lipinski definition) is 3. The number of nitrogens with one attached hydrogen (secondary N) is 2. The number of halogens is 5. The molecule has 0 aliphatic heterocycles. The van der Waals surface area contributed by atoms with Crippen LogP contribution in [0.4, 0.5) is 39.5 Å². The molecule has 5 rings (SSSR count). The second-order valence-corrected chi connectivity index (χ2v) is 9.43. The van der Waals surface area contributed by atoms with Crippen LogP contribution in [0.2, 0.25) is 0 Å². The van der Waals surface area contributed by atoms with Gasteiger partial charge in [-0.1, -0.05) is 0 Å². The molecule has 36 heavy (non-hydrogen) atoms. The van der Waals surface area contributed by atoms with Crippen LogP contribution < -0.4 is 16.4 Å². The summed E-state index contributed by atoms with van der Waals surface area (Å²) in [5, 5.41) is 5.55. The number of carbonyl (C=O) groups is 1. The molecular formula is C23H24F5N7O. The molecule has 2 heterocycles. The predicted octanol–water partition coefficient (Wildman–Crippen LogP) is 4.80. The first-order valence-corrected chi connectivity index (χ1v) is 11.7. The molecule has 13 heteroatoms. The molecule has 0 bridgehead atoms. The standard InChI is InChI=1S/C23H24F5N7O/c24-12-7-15(25)18(16(26)8-12)33-22-32-17-10-30-21(31-13-5-6-23(27,28)9-13)34-20(17)35(22)14-3-1-11(2-4-14)19(29)36/h7-8,10-11,13-14H,1-6,9H2,(H2,29,36)(H,32,33)(H,30,31,34)/t11?,13-,14?/m1/s1. The van der Waals surface area contributed by atoms with Crippen LogP contribution in [0.15, 0.2) is 18.3 Å². The number of amides is 1. The van der Waals surface area contributed by atoms with Gasteiger partial charge in [0.15, 0.2) is 17.3 Å². The van der Waals surface area contributed by atoms with Crippen LogP contribution in [-0.4, -0.2) is 37.4 Å². The highest BCUT2D eigenvalue weighted by atomic mass is 19.3. The molecule has 1 amide bonds. The maximum absolute atomic E-state index is 14.4. The summed E-state index contributed by atoms with van der Waals surface area (Å²) >= 11 is 0. The van der Waals surface area contributed by atoms with Crippen molar-refractivity contribution in [3.05, 3.63) is 35.8 Å². The number of aromatic nitrogens is 4. The van der Waals surface area contributed by atoms with Gasteiger partial charge in [-0.25, -0.2) is 31.9 Å². The van der Waals surface area contributed by atoms with Crippen molar-refractivity contribution in [2.75, 3.05) is 10.6 Å². The van der Waals surface area contributed by atoms with Gasteiger partial charge in [-0.05, 0) is 32.1 Å². The van der Waals surface area contributed by atoms with Crippen molar-refractivity contribution in [3.8, 4) is 0 Å². The van der Waals surface area contributed by atoms with Gasteiger partial charge < -0.3 is 16.4 Å². The third-order valence-corrected chi connectivity index (χ3v) is 6.88. The van der Waals surface area contributed by atoms with Crippen molar-refractivity contribution in [2.45, 2.75) is 63.0 Å². The Morgan fingerprint density at radius 3 is 2.36 bits per heavy atom. The molecule has 1 aromatic carbocycles. The highest BCUT2D eigenvalue weighted by Gasteiger charge is 2.39. The van der Waals surface area contributed by atoms with Crippen LogP contribution in [0.25, 0.3) is 11.2 Å². The minimum Gasteiger partial charge on any atom is -0.369 e. The van der Waals surface area contributed by atoms with Crippen LogP contribution in [0, 0.1) is 23.4 Å². The first kappa shape index (κ1) is 24.2. The molecule has 0 radical (unpaired) electrons. The van der Waals surface area contributed by atoms with E-state index in [-0.39, 0.29) is 49.0 Å². The van der Waals surface area contributed by atoms with Gasteiger partial charge in [0, 0.05) is 43.0 Å². The van der Waals surface area contributed by atoms with Gasteiger partial charge in [0.2, 0.25) is 23.7 Å². The minimum atomic E-state index is -2.75. The number of primary amides is 1. The average molecular weight is 509 g/mol. The Balaban J connectivity index is 1.52. The quantitative estimate of drug-likeness (QED) is 0.412. The first-order chi connectivity index (χ1) is 17.1. The highest BCUT2D eigenvalue weighted by Crippen LogP contribution is 2.38. The molecule has 2 aromatic heterocycles. The predicted molar refractivity (Wildman–Crippen MR) is 121 cm³/mol. The fourth-order valence-electron chi connectivity index (χ4n) is 5.04. The summed E-state index contributed by atoms with van der Waals surface area (Å²) < 4.78 is 71.1. The Hall–Kier alpha value is -3.51. The number of anilines is 3. The minimum absolute atomic E-state index is 0.0517. The zero-order valence-corrected chi connectivity index (χ0v) is 19.1. The molecule has 0 spiro atoms. The molecule has 0 saturated heterocycles. The average Bonchev–Trinajstić information content (AvgIpc) is 3.34. The van der Waals surface area contributed by atoms with E-state index in [9.17, 15) is 26.7 Å². The highest BCUT2D eigenvalue weighted by molar-refractivity contribution is 5.78. The molecule has 2 fully saturated rings. The van der Waals surface area contributed by atoms with Crippen molar-refractivity contribution in [2.24, 2.45) is 11.7 Å². The lowest BCUT2D eigenvalue weighted by atomic mass is 9.85. The maximum Gasteiger partial charge on any atom is 0.250 e. The molecule has 8 nitrogen and oxygen atoms in total. The molecule has 192 valence electrons. The van der Waals surface area contributed by atoms with E-state index in [4.69, 9.17) is 5.73 Å². The lowest BCUT2D eigenvalue weighted by molar-refractivity contribution is -0.122. The van der Waals surface area contributed by atoms with Crippen molar-refractivity contribution in [1.82, 2.24) is 19.5 Å². The summed E-state index contributed by atoms with van der Waals surface area (Å²) in [6.45, 7) is 0. The number of imidazole rings is 1. The van der Waals surface area contributed by atoms with Gasteiger partial charge in [-0.15, -0.1) is 0 Å². The van der Waals surface area contributed by atoms with E-state index in [0.29, 0.717) is 49.0 Å². The van der Waals surface area contributed by atoms with Crippen molar-refractivity contribution in [3.63, 3.8) is 0 Å². The van der Waals surface area contributed by atoms with E-state index in [1.54, 1.807) is 4.57 Å². The molecule has 2 aliphatic rings. The van der Waals surface area contributed by atoms with E-state index in [2.05, 4.69) is 25.6 Å². The summed E-state index contributed by atoms with van der Waals surface area (Å²) in [6, 6.07) is 0.351. The Morgan fingerprint density at radius 1 is 1.06 bits per heavy atom. The number of alkyl halides is 2. The van der Waals surface area contributed by atoms with Gasteiger partial charge in [0.25, 0.3) is 0 Å². The first-order valence-electron chi connectivity index (χ1n) is 11.7. The third-order valence-electron chi connectivity index (χ3n) is 6.88. The lowest BCUT2D eigenvalue weighted by Crippen LogP contribution is -2.29. The molecule has 2 saturated carbocycles. The summed E-state index contributed by atoms with van der Waals surface area (Å²) in [5.41, 5.74) is 5.49. The second-order valence-electron chi connectivity index (χ2n) is 9.43. The normalized spacial score (nSPS) is 23.6. The topological polar surface area (TPSA) is 111 Å². The lowest BCUT2D eigenvalue weighted by Gasteiger charge is -2.29. The van der Waals surface area contributed by atoms with Gasteiger partial charge in [-0.3, -0.25) is 9.36 Å². The summed E-state index contributed by atoms with van der Waals surface area (Å²) in [6.07, 6.45) is 3.15. The van der Waals surface area contributed by atoms with Gasteiger partial charge in [0.1, 0.15) is 17.0 Å². The number of nitrogens with two attached hydrogens (primary N) is 1. The van der Waals surface area contributed by atoms with Crippen LogP contribution in [0.1, 0.15) is 51.0 Å². The van der Waals surface area contributed by atoms with Crippen molar-refractivity contribution < 1.29 is 26.7 Å². The van der Waals surface area contributed by atoms with Crippen LogP contribution in [-0.2, 0) is 4.79 Å². The Kier molecular flexibility index (Phi) is 6.17. The SMILES string of the molecule is NC(=O)C1CCC(n2c(Nc3c(F)cc(F)cc3F)nc3cnc(N[C@@H]4CCC(F)(F)C4)nc32)CC1. The summed E-state index contributed by atoms with van der Waals surface area (Å²) in [7, 11) is 0. The van der Waals surface area contributed by atoms with E-state index >= 15 is 0 Å². The Bertz CT molecular complexity index is 1280. The smallest absolute Gasteiger partial charge is 0.250 e. The summed E-state index contributed by atoms with van der Waals surface area (Å²) in [5.74, 6) is -6.58. The number of fused-ring (bicyclic) bond motifs is 1. The fraction of sp³-hybridized carbons (Fsp3) is 0.478. The van der Waals surface area contributed by atoms with Crippen molar-refractivity contribution in [1.29, 1.82) is 0 Å². The zero-order chi connectivity index (χ0) is 25.6. The Morgan fingerprint density at radius 2 is 1.75 bits per heavy atom. The number of nitrogens with zero attached hydrogens (tertiary/aromatic N) is 4. The molecule has 3 aromatic rings. The fourth-order valence-corrected chi connectivity index (χ4v) is 5.04. The molecule has 1 atom stereocenters. The van der Waals surface area contributed by atoms with E-state index in [1.165, 1.54) is 6.20 Å². The van der Waals surface area contributed by atoms with E-state index < -0.39 is 35.1 Å². The molecule has 2 aliphatic carbocycles. The Labute approximate surface area is 202 Å². The van der Waals surface area contributed by atoms with Crippen LogP contribution >= 0.6 is 0 Å². The summed E-state index contributed by atoms with van der Waals surface area (Å²) in [4.78, 5) is 24.7. The number of hydrogen-bond acceptors (Lipinski definition) is 6. The third kappa shape index (κ3) is 4.78. The maximum atomic E-state index is 14.4. The van der Waals surface area contributed by atoms with E-state index in [0.717, 1.165) is 0 Å². The monoisotopic (exact) mass is 509 g/mol. The number of rotatable bonds is 6. The van der Waals surface area contributed by atoms with E-state index in [1.807, 2.05) is 0 Å². The molecule has 4 N–H and O–H groups in total. The largest absolute Gasteiger partial charge is 0.369 e. The second kappa shape index (κ2) is 9.17. The van der Waals surface area contributed by atoms with Crippen molar-refractivity contribution >= 4 is 34.7 Å². The molecule has 0 unspecified atom stereocenters. The van der Waals surface area contributed by atoms with Crippen LogP contribution in [0.3, 0.4) is 0 Å². The van der Waals surface area contributed by atoms with Gasteiger partial charge in [0.05, 0.1) is 6.20 Å². The van der Waals surface area contributed by atoms with Gasteiger partial charge in [-0.2, -0.15) is 4.98 Å². The number of benzene rings is 1. The number of carbonyl (C=O) groups excluding carboxylic acids is 1. The zero-order valence-electron chi connectivity index (χ0n) is 19.1. The molecular weight excluding hydrogens is 485 g/mol.